The van der Waals surface area contributed by atoms with Crippen LogP contribution in [0.25, 0.3) is 16.2 Å². The van der Waals surface area contributed by atoms with Gasteiger partial charge in [0.1, 0.15) is 11.0 Å². The van der Waals surface area contributed by atoms with E-state index < -0.39 is 0 Å². The first-order valence-electron chi connectivity index (χ1n) is 9.34. The summed E-state index contributed by atoms with van der Waals surface area (Å²) in [5, 5.41) is 6.20. The minimum absolute atomic E-state index is 0.248. The Morgan fingerprint density at radius 3 is 2.52 bits per heavy atom. The first-order chi connectivity index (χ1) is 14.1. The summed E-state index contributed by atoms with van der Waals surface area (Å²) in [5.74, 6) is -0.248. The molecule has 5 rings (SSSR count). The third-order valence-corrected chi connectivity index (χ3v) is 6.22. The van der Waals surface area contributed by atoms with Crippen molar-refractivity contribution < 1.29 is 4.39 Å². The van der Waals surface area contributed by atoms with Crippen LogP contribution in [0, 0.1) is 5.82 Å². The predicted molar refractivity (Wildman–Crippen MR) is 113 cm³/mol. The van der Waals surface area contributed by atoms with E-state index in [2.05, 4.69) is 19.8 Å². The summed E-state index contributed by atoms with van der Waals surface area (Å²) in [7, 11) is 0. The molecule has 29 heavy (non-hydrogen) atoms. The van der Waals surface area contributed by atoms with Gasteiger partial charge in [-0.05, 0) is 35.9 Å². The first-order valence-corrected chi connectivity index (χ1v) is 10.5. The maximum Gasteiger partial charge on any atom is 0.214 e. The van der Waals surface area contributed by atoms with Gasteiger partial charge in [-0.2, -0.15) is 0 Å². The van der Waals surface area contributed by atoms with Gasteiger partial charge < -0.3 is 4.90 Å². The van der Waals surface area contributed by atoms with Crippen LogP contribution in [0.5, 0.6) is 0 Å². The SMILES string of the molecule is Fc1ccc(-c2cn3nc(N4CCN(Cc5ccc(Cl)nc5)CC4)sc3n2)cc1. The average Bonchev–Trinajstić information content (AvgIpc) is 3.30. The minimum atomic E-state index is -0.248. The van der Waals surface area contributed by atoms with E-state index >= 15 is 0 Å². The Bertz CT molecular complexity index is 1080. The van der Waals surface area contributed by atoms with Gasteiger partial charge >= 0.3 is 0 Å². The Labute approximate surface area is 176 Å². The van der Waals surface area contributed by atoms with E-state index in [9.17, 15) is 4.39 Å². The highest BCUT2D eigenvalue weighted by atomic mass is 35.5. The van der Waals surface area contributed by atoms with Crippen LogP contribution >= 0.6 is 22.9 Å². The van der Waals surface area contributed by atoms with Crippen LogP contribution in [-0.4, -0.2) is 50.7 Å². The standard InChI is InChI=1S/C20H18ClFN6S/c21-18-6-1-14(11-23-18)12-26-7-9-27(10-8-26)20-25-28-13-17(24-19(28)29-20)15-2-4-16(22)5-3-15/h1-6,11,13H,7-10,12H2. The second kappa shape index (κ2) is 7.70. The van der Waals surface area contributed by atoms with Crippen LogP contribution in [0.15, 0.2) is 48.8 Å². The van der Waals surface area contributed by atoms with Gasteiger partial charge in [-0.25, -0.2) is 18.9 Å². The zero-order valence-corrected chi connectivity index (χ0v) is 17.1. The quantitative estimate of drug-likeness (QED) is 0.460. The molecule has 0 aliphatic carbocycles. The summed E-state index contributed by atoms with van der Waals surface area (Å²) in [6.07, 6.45) is 3.73. The summed E-state index contributed by atoms with van der Waals surface area (Å²) in [5.41, 5.74) is 2.86. The van der Waals surface area contributed by atoms with Crippen LogP contribution in [0.4, 0.5) is 9.52 Å². The molecule has 0 radical (unpaired) electrons. The molecule has 1 aromatic carbocycles. The summed E-state index contributed by atoms with van der Waals surface area (Å²) >= 11 is 7.44. The fraction of sp³-hybridized carbons (Fsp3) is 0.250. The number of fused-ring (bicyclic) bond motifs is 1. The summed E-state index contributed by atoms with van der Waals surface area (Å²) in [6, 6.07) is 10.2. The summed E-state index contributed by atoms with van der Waals surface area (Å²) in [4.78, 5) is 14.3. The lowest BCUT2D eigenvalue weighted by molar-refractivity contribution is 0.249. The molecular weight excluding hydrogens is 411 g/mol. The van der Waals surface area contributed by atoms with E-state index in [1.165, 1.54) is 17.7 Å². The highest BCUT2D eigenvalue weighted by Gasteiger charge is 2.21. The maximum atomic E-state index is 13.1. The van der Waals surface area contributed by atoms with Crippen molar-refractivity contribution in [2.75, 3.05) is 31.1 Å². The van der Waals surface area contributed by atoms with Crippen LogP contribution in [0.2, 0.25) is 5.15 Å². The van der Waals surface area contributed by atoms with Gasteiger partial charge in [-0.3, -0.25) is 4.90 Å². The number of hydrogen-bond acceptors (Lipinski definition) is 6. The van der Waals surface area contributed by atoms with E-state index in [4.69, 9.17) is 16.7 Å². The molecule has 9 heteroatoms. The van der Waals surface area contributed by atoms with Gasteiger partial charge in [0.05, 0.1) is 11.9 Å². The number of hydrogen-bond donors (Lipinski definition) is 0. The van der Waals surface area contributed by atoms with Gasteiger partial charge in [0.25, 0.3) is 0 Å². The van der Waals surface area contributed by atoms with Crippen molar-refractivity contribution in [3.8, 4) is 11.3 Å². The van der Waals surface area contributed by atoms with E-state index in [-0.39, 0.29) is 5.82 Å². The number of benzene rings is 1. The molecule has 4 aromatic rings. The molecule has 0 saturated carbocycles. The zero-order chi connectivity index (χ0) is 19.8. The van der Waals surface area contributed by atoms with Crippen molar-refractivity contribution in [2.24, 2.45) is 0 Å². The average molecular weight is 429 g/mol. The Hall–Kier alpha value is -2.55. The van der Waals surface area contributed by atoms with Crippen molar-refractivity contribution in [1.29, 1.82) is 0 Å². The predicted octanol–water partition coefficient (Wildman–Crippen LogP) is 3.97. The summed E-state index contributed by atoms with van der Waals surface area (Å²) in [6.45, 7) is 4.64. The molecule has 0 atom stereocenters. The van der Waals surface area contributed by atoms with Gasteiger partial charge in [-0.15, -0.1) is 5.10 Å². The number of aromatic nitrogens is 4. The van der Waals surface area contributed by atoms with Crippen LogP contribution < -0.4 is 4.90 Å². The van der Waals surface area contributed by atoms with Gasteiger partial charge in [-0.1, -0.05) is 29.0 Å². The normalized spacial score (nSPS) is 15.3. The second-order valence-electron chi connectivity index (χ2n) is 7.00. The molecule has 1 fully saturated rings. The lowest BCUT2D eigenvalue weighted by Gasteiger charge is -2.34. The Kier molecular flexibility index (Phi) is 4.91. The number of anilines is 1. The fourth-order valence-electron chi connectivity index (χ4n) is 3.43. The molecule has 0 N–H and O–H groups in total. The molecule has 1 saturated heterocycles. The highest BCUT2D eigenvalue weighted by molar-refractivity contribution is 7.20. The van der Waals surface area contributed by atoms with E-state index in [0.717, 1.165) is 54.1 Å². The van der Waals surface area contributed by atoms with Gasteiger partial charge in [0.2, 0.25) is 10.1 Å². The number of nitrogens with zero attached hydrogens (tertiary/aromatic N) is 6. The topological polar surface area (TPSA) is 49.6 Å². The third-order valence-electron chi connectivity index (χ3n) is 5.01. The second-order valence-corrected chi connectivity index (χ2v) is 8.32. The third kappa shape index (κ3) is 3.96. The Morgan fingerprint density at radius 1 is 1.03 bits per heavy atom. The molecule has 1 aliphatic heterocycles. The van der Waals surface area contributed by atoms with E-state index in [1.807, 2.05) is 29.0 Å². The molecule has 4 heterocycles. The molecule has 0 unspecified atom stereocenters. The lowest BCUT2D eigenvalue weighted by Crippen LogP contribution is -2.46. The molecular formula is C20H18ClFN6S. The van der Waals surface area contributed by atoms with Gasteiger partial charge in [0.15, 0.2) is 0 Å². The zero-order valence-electron chi connectivity index (χ0n) is 15.5. The molecule has 6 nitrogen and oxygen atoms in total. The molecule has 0 spiro atoms. The van der Waals surface area contributed by atoms with Gasteiger partial charge in [0, 0.05) is 44.5 Å². The molecule has 148 valence electrons. The largest absolute Gasteiger partial charge is 0.344 e. The number of imidazole rings is 1. The number of piperazine rings is 1. The lowest BCUT2D eigenvalue weighted by atomic mass is 10.2. The van der Waals surface area contributed by atoms with Crippen molar-refractivity contribution in [3.63, 3.8) is 0 Å². The Balaban J connectivity index is 1.24. The Morgan fingerprint density at radius 2 is 1.83 bits per heavy atom. The van der Waals surface area contributed by atoms with E-state index in [0.29, 0.717) is 5.15 Å². The number of rotatable bonds is 4. The number of halogens is 2. The molecule has 1 aliphatic rings. The smallest absolute Gasteiger partial charge is 0.214 e. The highest BCUT2D eigenvalue weighted by Crippen LogP contribution is 2.27. The minimum Gasteiger partial charge on any atom is -0.344 e. The van der Waals surface area contributed by atoms with Crippen molar-refractivity contribution in [1.82, 2.24) is 24.5 Å². The van der Waals surface area contributed by atoms with Crippen molar-refractivity contribution in [2.45, 2.75) is 6.54 Å². The molecule has 0 amide bonds. The van der Waals surface area contributed by atoms with Crippen LogP contribution in [-0.2, 0) is 6.54 Å². The molecule has 0 bridgehead atoms. The monoisotopic (exact) mass is 428 g/mol. The first kappa shape index (κ1) is 18.5. The van der Waals surface area contributed by atoms with Crippen molar-refractivity contribution in [3.05, 3.63) is 65.3 Å². The van der Waals surface area contributed by atoms with Crippen molar-refractivity contribution >= 4 is 33.0 Å². The number of pyridine rings is 1. The molecule has 3 aromatic heterocycles. The maximum absolute atomic E-state index is 13.1. The van der Waals surface area contributed by atoms with Crippen LogP contribution in [0.3, 0.4) is 0 Å². The summed E-state index contributed by atoms with van der Waals surface area (Å²) < 4.78 is 14.9. The van der Waals surface area contributed by atoms with E-state index in [1.54, 1.807) is 23.5 Å². The fourth-order valence-corrected chi connectivity index (χ4v) is 4.48. The van der Waals surface area contributed by atoms with Crippen LogP contribution in [0.1, 0.15) is 5.56 Å².